The van der Waals surface area contributed by atoms with E-state index in [9.17, 15) is 0 Å². The zero-order valence-corrected chi connectivity index (χ0v) is 9.17. The molecule has 0 unspecified atom stereocenters. The van der Waals surface area contributed by atoms with Crippen LogP contribution < -0.4 is 4.90 Å². The quantitative estimate of drug-likeness (QED) is 0.523. The molecule has 0 N–H and O–H groups in total. The van der Waals surface area contributed by atoms with E-state index in [1.54, 1.807) is 0 Å². The van der Waals surface area contributed by atoms with Gasteiger partial charge < -0.3 is 4.90 Å². The Kier molecular flexibility index (Phi) is 2.06. The number of hydrogen-bond donors (Lipinski definition) is 0. The number of benzene rings is 2. The maximum Gasteiger partial charge on any atom is 0.0929 e. The molecule has 2 aromatic carbocycles. The predicted molar refractivity (Wildman–Crippen MR) is 65.7 cm³/mol. The lowest BCUT2D eigenvalue weighted by Crippen LogP contribution is -2.17. The van der Waals surface area contributed by atoms with E-state index in [-0.39, 0.29) is 0 Å². The maximum atomic E-state index is 5.96. The van der Waals surface area contributed by atoms with Crippen LogP contribution in [0, 0.1) is 0 Å². The van der Waals surface area contributed by atoms with E-state index in [1.807, 2.05) is 0 Å². The van der Waals surface area contributed by atoms with Gasteiger partial charge in [-0.15, -0.1) is 11.6 Å². The van der Waals surface area contributed by atoms with Crippen LogP contribution in [0.4, 0.5) is 5.69 Å². The summed E-state index contributed by atoms with van der Waals surface area (Å²) in [5, 5.41) is 2.63. The summed E-state index contributed by atoms with van der Waals surface area (Å²) in [6.07, 6.45) is 1.12. The van der Waals surface area contributed by atoms with Crippen molar-refractivity contribution >= 4 is 28.1 Å². The average molecular weight is 218 g/mol. The monoisotopic (exact) mass is 217 g/mol. The number of alkyl halides is 1. The summed E-state index contributed by atoms with van der Waals surface area (Å²) < 4.78 is 0. The standard InChI is InChI=1S/C13H12ClN/c14-9-15-8-7-11-6-5-10-3-1-2-4-12(10)13(11)15/h1-6H,7-9H2. The van der Waals surface area contributed by atoms with Crippen LogP contribution in [0.3, 0.4) is 0 Å². The van der Waals surface area contributed by atoms with E-state index in [0.717, 1.165) is 13.0 Å². The lowest BCUT2D eigenvalue weighted by atomic mass is 10.0. The summed E-state index contributed by atoms with van der Waals surface area (Å²) in [6.45, 7) is 1.05. The van der Waals surface area contributed by atoms with Crippen molar-refractivity contribution in [3.05, 3.63) is 42.0 Å². The van der Waals surface area contributed by atoms with Gasteiger partial charge in [0.05, 0.1) is 6.00 Å². The number of rotatable bonds is 1. The normalized spacial score (nSPS) is 14.6. The van der Waals surface area contributed by atoms with Crippen LogP contribution in [0.1, 0.15) is 5.56 Å². The first-order valence-electron chi connectivity index (χ1n) is 5.21. The van der Waals surface area contributed by atoms with Crippen molar-refractivity contribution in [1.82, 2.24) is 0 Å². The molecule has 1 aliphatic heterocycles. The second kappa shape index (κ2) is 3.42. The molecular formula is C13H12ClN. The van der Waals surface area contributed by atoms with Gasteiger partial charge in [0, 0.05) is 17.6 Å². The number of nitrogens with zero attached hydrogens (tertiary/aromatic N) is 1. The third-order valence-corrected chi connectivity index (χ3v) is 3.38. The molecule has 2 aromatic rings. The predicted octanol–water partition coefficient (Wildman–Crippen LogP) is 3.40. The fourth-order valence-corrected chi connectivity index (χ4v) is 2.60. The van der Waals surface area contributed by atoms with E-state index in [0.29, 0.717) is 6.00 Å². The second-order valence-corrected chi connectivity index (χ2v) is 4.17. The highest BCUT2D eigenvalue weighted by Gasteiger charge is 2.19. The lowest BCUT2D eigenvalue weighted by Gasteiger charge is -2.17. The molecule has 15 heavy (non-hydrogen) atoms. The zero-order chi connectivity index (χ0) is 10.3. The Labute approximate surface area is 94.3 Å². The van der Waals surface area contributed by atoms with Crippen molar-refractivity contribution in [2.75, 3.05) is 17.4 Å². The van der Waals surface area contributed by atoms with Crippen LogP contribution in [0.5, 0.6) is 0 Å². The minimum Gasteiger partial charge on any atom is -0.357 e. The van der Waals surface area contributed by atoms with E-state index in [1.165, 1.54) is 22.0 Å². The van der Waals surface area contributed by atoms with E-state index < -0.39 is 0 Å². The average Bonchev–Trinajstić information content (AvgIpc) is 2.72. The summed E-state index contributed by atoms with van der Waals surface area (Å²) in [5.74, 6) is 0. The molecule has 0 fully saturated rings. The molecule has 0 saturated heterocycles. The van der Waals surface area contributed by atoms with Crippen LogP contribution >= 0.6 is 11.6 Å². The molecule has 1 nitrogen and oxygen atoms in total. The zero-order valence-electron chi connectivity index (χ0n) is 8.41. The topological polar surface area (TPSA) is 3.24 Å². The Balaban J connectivity index is 2.32. The van der Waals surface area contributed by atoms with Crippen LogP contribution in [-0.4, -0.2) is 12.5 Å². The molecule has 0 aromatic heterocycles. The van der Waals surface area contributed by atoms with Gasteiger partial charge in [-0.2, -0.15) is 0 Å². The van der Waals surface area contributed by atoms with Crippen molar-refractivity contribution in [3.63, 3.8) is 0 Å². The minimum absolute atomic E-state index is 0.584. The highest BCUT2D eigenvalue weighted by Crippen LogP contribution is 2.35. The molecule has 3 rings (SSSR count). The van der Waals surface area contributed by atoms with Crippen LogP contribution in [0.15, 0.2) is 36.4 Å². The molecule has 0 atom stereocenters. The van der Waals surface area contributed by atoms with Gasteiger partial charge in [0.15, 0.2) is 0 Å². The van der Waals surface area contributed by atoms with Gasteiger partial charge in [-0.3, -0.25) is 0 Å². The molecule has 0 spiro atoms. The highest BCUT2D eigenvalue weighted by molar-refractivity contribution is 6.19. The smallest absolute Gasteiger partial charge is 0.0929 e. The summed E-state index contributed by atoms with van der Waals surface area (Å²) >= 11 is 5.96. The Morgan fingerprint density at radius 3 is 2.87 bits per heavy atom. The largest absolute Gasteiger partial charge is 0.357 e. The van der Waals surface area contributed by atoms with Gasteiger partial charge in [0.1, 0.15) is 0 Å². The van der Waals surface area contributed by atoms with Crippen molar-refractivity contribution in [2.45, 2.75) is 6.42 Å². The van der Waals surface area contributed by atoms with Crippen LogP contribution in [0.25, 0.3) is 10.8 Å². The Morgan fingerprint density at radius 2 is 2.00 bits per heavy atom. The van der Waals surface area contributed by atoms with Gasteiger partial charge in [0.2, 0.25) is 0 Å². The first-order chi connectivity index (χ1) is 7.40. The van der Waals surface area contributed by atoms with E-state index in [2.05, 4.69) is 41.3 Å². The van der Waals surface area contributed by atoms with Crippen LogP contribution in [-0.2, 0) is 6.42 Å². The van der Waals surface area contributed by atoms with Crippen molar-refractivity contribution in [3.8, 4) is 0 Å². The molecule has 0 bridgehead atoms. The van der Waals surface area contributed by atoms with E-state index in [4.69, 9.17) is 11.6 Å². The SMILES string of the molecule is ClCN1CCc2ccc3ccccc3c21. The third-order valence-electron chi connectivity index (χ3n) is 3.10. The Morgan fingerprint density at radius 1 is 1.13 bits per heavy atom. The van der Waals surface area contributed by atoms with Crippen LogP contribution in [0.2, 0.25) is 0 Å². The summed E-state index contributed by atoms with van der Waals surface area (Å²) in [4.78, 5) is 2.25. The van der Waals surface area contributed by atoms with Gasteiger partial charge in [-0.25, -0.2) is 0 Å². The summed E-state index contributed by atoms with van der Waals surface area (Å²) in [7, 11) is 0. The highest BCUT2D eigenvalue weighted by atomic mass is 35.5. The number of hydrogen-bond acceptors (Lipinski definition) is 1. The molecule has 1 heterocycles. The molecule has 2 heteroatoms. The summed E-state index contributed by atoms with van der Waals surface area (Å²) in [5.41, 5.74) is 2.76. The van der Waals surface area contributed by atoms with Gasteiger partial charge in [-0.1, -0.05) is 36.4 Å². The first-order valence-corrected chi connectivity index (χ1v) is 5.75. The van der Waals surface area contributed by atoms with Crippen molar-refractivity contribution < 1.29 is 0 Å². The van der Waals surface area contributed by atoms with E-state index >= 15 is 0 Å². The third kappa shape index (κ3) is 1.30. The molecule has 76 valence electrons. The molecule has 0 saturated carbocycles. The molecule has 1 aliphatic rings. The Hall–Kier alpha value is -1.21. The number of fused-ring (bicyclic) bond motifs is 3. The lowest BCUT2D eigenvalue weighted by molar-refractivity contribution is 0.936. The van der Waals surface area contributed by atoms with Gasteiger partial charge >= 0.3 is 0 Å². The summed E-state index contributed by atoms with van der Waals surface area (Å²) in [6, 6.07) is 13.5. The van der Waals surface area contributed by atoms with Gasteiger partial charge in [0.25, 0.3) is 0 Å². The number of anilines is 1. The van der Waals surface area contributed by atoms with Crippen molar-refractivity contribution in [1.29, 1.82) is 0 Å². The molecule has 0 amide bonds. The number of halogens is 1. The minimum atomic E-state index is 0.584. The van der Waals surface area contributed by atoms with Gasteiger partial charge in [-0.05, 0) is 17.4 Å². The molecule has 0 aliphatic carbocycles. The second-order valence-electron chi connectivity index (χ2n) is 3.93. The molecule has 0 radical (unpaired) electrons. The fraction of sp³-hybridized carbons (Fsp3) is 0.231. The molecular weight excluding hydrogens is 206 g/mol. The first kappa shape index (κ1) is 9.05. The fourth-order valence-electron chi connectivity index (χ4n) is 2.36. The van der Waals surface area contributed by atoms with Crippen molar-refractivity contribution in [2.24, 2.45) is 0 Å². The Bertz CT molecular complexity index is 507. The maximum absolute atomic E-state index is 5.96.